The number of nitrogens with zero attached hydrogens (tertiary/aromatic N) is 2. The summed E-state index contributed by atoms with van der Waals surface area (Å²) in [4.78, 5) is 26.0. The highest BCUT2D eigenvalue weighted by molar-refractivity contribution is 5.97. The molecule has 0 heterocycles. The second-order valence-corrected chi connectivity index (χ2v) is 5.46. The number of hydrogen-bond acceptors (Lipinski definition) is 4. The summed E-state index contributed by atoms with van der Waals surface area (Å²) in [5, 5.41) is 8.75. The first-order valence-electron chi connectivity index (χ1n) is 7.57. The summed E-state index contributed by atoms with van der Waals surface area (Å²) in [6, 6.07) is 17.2. The summed E-state index contributed by atoms with van der Waals surface area (Å²) in [5.41, 5.74) is 1.52. The zero-order valence-electron chi connectivity index (χ0n) is 13.6. The molecule has 0 saturated heterocycles. The van der Waals surface area contributed by atoms with Crippen LogP contribution < -0.4 is 4.90 Å². The van der Waals surface area contributed by atoms with Crippen LogP contribution in [0.5, 0.6) is 0 Å². The molecule has 2 rings (SSSR count). The van der Waals surface area contributed by atoms with E-state index in [0.29, 0.717) is 11.1 Å². The van der Waals surface area contributed by atoms with E-state index in [4.69, 9.17) is 10.00 Å². The van der Waals surface area contributed by atoms with Gasteiger partial charge in [-0.1, -0.05) is 18.2 Å². The number of nitriles is 1. The molecule has 0 aromatic heterocycles. The minimum atomic E-state index is -0.593. The standard InChI is InChI=1S/C19H18N2O3/c1-14(2)21(17-6-4-3-5-7-17)18(22)13-24-19(23)16-10-8-15(12-20)9-11-16/h3-11,14H,13H2,1-2H3. The molecule has 0 unspecified atom stereocenters. The summed E-state index contributed by atoms with van der Waals surface area (Å²) >= 11 is 0. The molecule has 0 atom stereocenters. The highest BCUT2D eigenvalue weighted by Crippen LogP contribution is 2.17. The Hall–Kier alpha value is -3.13. The Morgan fingerprint density at radius 2 is 1.71 bits per heavy atom. The molecule has 2 aromatic rings. The van der Waals surface area contributed by atoms with E-state index in [1.54, 1.807) is 4.90 Å². The number of carbonyl (C=O) groups excluding carboxylic acids is 2. The Labute approximate surface area is 141 Å². The molecule has 0 N–H and O–H groups in total. The molecule has 1 amide bonds. The number of rotatable bonds is 5. The molecule has 0 radical (unpaired) electrons. The fourth-order valence-corrected chi connectivity index (χ4v) is 2.28. The van der Waals surface area contributed by atoms with Crippen molar-refractivity contribution in [3.05, 3.63) is 65.7 Å². The van der Waals surface area contributed by atoms with Crippen LogP contribution in [-0.4, -0.2) is 24.5 Å². The molecular weight excluding hydrogens is 304 g/mol. The average Bonchev–Trinajstić information content (AvgIpc) is 2.60. The van der Waals surface area contributed by atoms with Gasteiger partial charge in [-0.25, -0.2) is 4.79 Å². The molecule has 122 valence electrons. The van der Waals surface area contributed by atoms with Crippen molar-refractivity contribution in [1.82, 2.24) is 0 Å². The smallest absolute Gasteiger partial charge is 0.338 e. The molecule has 0 bridgehead atoms. The lowest BCUT2D eigenvalue weighted by molar-refractivity contribution is -0.122. The second kappa shape index (κ2) is 7.93. The van der Waals surface area contributed by atoms with Crippen molar-refractivity contribution in [3.8, 4) is 6.07 Å². The minimum absolute atomic E-state index is 0.0616. The van der Waals surface area contributed by atoms with Gasteiger partial charge in [0.25, 0.3) is 5.91 Å². The lowest BCUT2D eigenvalue weighted by Crippen LogP contribution is -2.39. The van der Waals surface area contributed by atoms with Gasteiger partial charge in [-0.15, -0.1) is 0 Å². The first-order chi connectivity index (χ1) is 11.5. The maximum Gasteiger partial charge on any atom is 0.338 e. The van der Waals surface area contributed by atoms with Gasteiger partial charge in [0, 0.05) is 11.7 Å². The summed E-state index contributed by atoms with van der Waals surface area (Å²) in [6.07, 6.45) is 0. The number of anilines is 1. The fourth-order valence-electron chi connectivity index (χ4n) is 2.28. The molecule has 24 heavy (non-hydrogen) atoms. The van der Waals surface area contributed by atoms with Gasteiger partial charge in [0.15, 0.2) is 6.61 Å². The Balaban J connectivity index is 2.02. The summed E-state index contributed by atoms with van der Waals surface area (Å²) in [7, 11) is 0. The minimum Gasteiger partial charge on any atom is -0.452 e. The van der Waals surface area contributed by atoms with Gasteiger partial charge in [-0.2, -0.15) is 5.26 Å². The van der Waals surface area contributed by atoms with Gasteiger partial charge in [0.1, 0.15) is 0 Å². The molecule has 0 aliphatic carbocycles. The van der Waals surface area contributed by atoms with Crippen molar-refractivity contribution < 1.29 is 14.3 Å². The van der Waals surface area contributed by atoms with Gasteiger partial charge in [-0.05, 0) is 50.2 Å². The molecule has 0 fully saturated rings. The van der Waals surface area contributed by atoms with Crippen molar-refractivity contribution in [3.63, 3.8) is 0 Å². The van der Waals surface area contributed by atoms with E-state index in [0.717, 1.165) is 5.69 Å². The zero-order valence-corrected chi connectivity index (χ0v) is 13.6. The predicted molar refractivity (Wildman–Crippen MR) is 90.5 cm³/mol. The molecule has 5 nitrogen and oxygen atoms in total. The van der Waals surface area contributed by atoms with E-state index in [9.17, 15) is 9.59 Å². The third kappa shape index (κ3) is 4.20. The molecule has 0 aliphatic heterocycles. The van der Waals surface area contributed by atoms with Crippen LogP contribution in [0.3, 0.4) is 0 Å². The normalized spacial score (nSPS) is 10.1. The Morgan fingerprint density at radius 3 is 2.25 bits per heavy atom. The molecular formula is C19H18N2O3. The third-order valence-corrected chi connectivity index (χ3v) is 3.40. The van der Waals surface area contributed by atoms with E-state index in [1.165, 1.54) is 24.3 Å². The molecule has 0 aliphatic rings. The second-order valence-electron chi connectivity index (χ2n) is 5.46. The monoisotopic (exact) mass is 322 g/mol. The summed E-state index contributed by atoms with van der Waals surface area (Å²) < 4.78 is 5.10. The topological polar surface area (TPSA) is 70.4 Å². The lowest BCUT2D eigenvalue weighted by Gasteiger charge is -2.26. The van der Waals surface area contributed by atoms with Crippen LogP contribution in [0.25, 0.3) is 0 Å². The molecule has 0 spiro atoms. The van der Waals surface area contributed by atoms with Crippen LogP contribution in [0.15, 0.2) is 54.6 Å². The van der Waals surface area contributed by atoms with Gasteiger partial charge in [0.2, 0.25) is 0 Å². The number of ether oxygens (including phenoxy) is 1. The molecule has 2 aromatic carbocycles. The van der Waals surface area contributed by atoms with Crippen LogP contribution in [0.4, 0.5) is 5.69 Å². The van der Waals surface area contributed by atoms with Crippen molar-refractivity contribution >= 4 is 17.6 Å². The molecule has 0 saturated carbocycles. The van der Waals surface area contributed by atoms with Gasteiger partial charge < -0.3 is 9.64 Å². The number of benzene rings is 2. The quantitative estimate of drug-likeness (QED) is 0.793. The van der Waals surface area contributed by atoms with Gasteiger partial charge >= 0.3 is 5.97 Å². The maximum atomic E-state index is 12.4. The highest BCUT2D eigenvalue weighted by Gasteiger charge is 2.20. The largest absolute Gasteiger partial charge is 0.452 e. The number of esters is 1. The number of para-hydroxylation sites is 1. The van der Waals surface area contributed by atoms with Crippen molar-refractivity contribution in [1.29, 1.82) is 5.26 Å². The Bertz CT molecular complexity index is 746. The third-order valence-electron chi connectivity index (χ3n) is 3.40. The Kier molecular flexibility index (Phi) is 5.69. The van der Waals surface area contributed by atoms with Crippen molar-refractivity contribution in [2.24, 2.45) is 0 Å². The van der Waals surface area contributed by atoms with Crippen LogP contribution in [0, 0.1) is 11.3 Å². The van der Waals surface area contributed by atoms with Crippen LogP contribution in [0.1, 0.15) is 29.8 Å². The van der Waals surface area contributed by atoms with E-state index >= 15 is 0 Å². The van der Waals surface area contributed by atoms with Crippen LogP contribution in [-0.2, 0) is 9.53 Å². The molecule has 5 heteroatoms. The van der Waals surface area contributed by atoms with Gasteiger partial charge in [0.05, 0.1) is 17.2 Å². The van der Waals surface area contributed by atoms with E-state index in [1.807, 2.05) is 50.2 Å². The highest BCUT2D eigenvalue weighted by atomic mass is 16.5. The average molecular weight is 322 g/mol. The Morgan fingerprint density at radius 1 is 1.08 bits per heavy atom. The first-order valence-corrected chi connectivity index (χ1v) is 7.57. The summed E-state index contributed by atoms with van der Waals surface area (Å²) in [5.74, 6) is -0.886. The van der Waals surface area contributed by atoms with E-state index in [2.05, 4.69) is 0 Å². The van der Waals surface area contributed by atoms with Gasteiger partial charge in [-0.3, -0.25) is 4.79 Å². The lowest BCUT2D eigenvalue weighted by atomic mass is 10.1. The number of hydrogen-bond donors (Lipinski definition) is 0. The van der Waals surface area contributed by atoms with Crippen molar-refractivity contribution in [2.75, 3.05) is 11.5 Å². The fraction of sp³-hybridized carbons (Fsp3) is 0.211. The van der Waals surface area contributed by atoms with Crippen LogP contribution in [0.2, 0.25) is 0 Å². The maximum absolute atomic E-state index is 12.4. The first kappa shape index (κ1) is 17.2. The predicted octanol–water partition coefficient (Wildman–Crippen LogP) is 3.16. The van der Waals surface area contributed by atoms with Crippen LogP contribution >= 0.6 is 0 Å². The number of carbonyl (C=O) groups is 2. The van der Waals surface area contributed by atoms with E-state index in [-0.39, 0.29) is 18.6 Å². The zero-order chi connectivity index (χ0) is 17.5. The SMILES string of the molecule is CC(C)N(C(=O)COC(=O)c1ccc(C#N)cc1)c1ccccc1. The van der Waals surface area contributed by atoms with E-state index < -0.39 is 5.97 Å². The number of amides is 1. The summed E-state index contributed by atoms with van der Waals surface area (Å²) in [6.45, 7) is 3.45. The van der Waals surface area contributed by atoms with Crippen molar-refractivity contribution in [2.45, 2.75) is 19.9 Å².